The maximum absolute atomic E-state index is 12.8. The van der Waals surface area contributed by atoms with Crippen molar-refractivity contribution < 1.29 is 18.7 Å². The highest BCUT2D eigenvalue weighted by atomic mass is 35.5. The number of amides is 1. The fraction of sp³-hybridized carbons (Fsp3) is 0.130. The lowest BCUT2D eigenvalue weighted by molar-refractivity contribution is -0.122. The molecule has 1 aliphatic heterocycles. The molecule has 0 bridgehead atoms. The molecule has 5 nitrogen and oxygen atoms in total. The van der Waals surface area contributed by atoms with Gasteiger partial charge in [-0.3, -0.25) is 9.69 Å². The minimum Gasteiger partial charge on any atom is -0.493 e. The lowest BCUT2D eigenvalue weighted by Gasteiger charge is -2.12. The highest BCUT2D eigenvalue weighted by Gasteiger charge is 2.32. The molecular formula is C23H18ClNO4S2. The Morgan fingerprint density at radius 1 is 1.16 bits per heavy atom. The van der Waals surface area contributed by atoms with E-state index < -0.39 is 0 Å². The van der Waals surface area contributed by atoms with E-state index >= 15 is 0 Å². The second-order valence-corrected chi connectivity index (χ2v) is 8.78. The van der Waals surface area contributed by atoms with Gasteiger partial charge in [0, 0.05) is 5.02 Å². The summed E-state index contributed by atoms with van der Waals surface area (Å²) in [6, 6.07) is 16.6. The number of carbonyl (C=O) groups excluding carboxylic acids is 1. The summed E-state index contributed by atoms with van der Waals surface area (Å²) in [4.78, 5) is 14.9. The van der Waals surface area contributed by atoms with Crippen LogP contribution in [0.15, 0.2) is 70.2 Å². The van der Waals surface area contributed by atoms with Gasteiger partial charge >= 0.3 is 0 Å². The predicted octanol–water partition coefficient (Wildman–Crippen LogP) is 5.92. The standard InChI is InChI=1S/C23H18ClNO4S2/c1-27-20-11-16(6-9-19(20)29-14-15-4-7-17(24)8-5-15)12-21-22(26)25(23(30)31-21)13-18-3-2-10-28-18/h2-12H,13-14H2,1H3. The molecule has 2 aromatic carbocycles. The molecule has 1 saturated heterocycles. The predicted molar refractivity (Wildman–Crippen MR) is 126 cm³/mol. The molecule has 0 aliphatic carbocycles. The Labute approximate surface area is 194 Å². The molecule has 31 heavy (non-hydrogen) atoms. The van der Waals surface area contributed by atoms with Crippen LogP contribution in [-0.4, -0.2) is 22.2 Å². The second kappa shape index (κ2) is 9.60. The quantitative estimate of drug-likeness (QED) is 0.315. The van der Waals surface area contributed by atoms with Crippen molar-refractivity contribution in [2.75, 3.05) is 7.11 Å². The summed E-state index contributed by atoms with van der Waals surface area (Å²) in [6.07, 6.45) is 3.37. The summed E-state index contributed by atoms with van der Waals surface area (Å²) in [6.45, 7) is 0.702. The Kier molecular flexibility index (Phi) is 6.65. The second-order valence-electron chi connectivity index (χ2n) is 6.67. The first-order valence-electron chi connectivity index (χ1n) is 9.36. The van der Waals surface area contributed by atoms with Crippen LogP contribution in [0.25, 0.3) is 6.08 Å². The molecular weight excluding hydrogens is 454 g/mol. The third-order valence-corrected chi connectivity index (χ3v) is 6.19. The average molecular weight is 472 g/mol. The first kappa shape index (κ1) is 21.5. The number of thiocarbonyl (C=S) groups is 1. The molecule has 3 aromatic rings. The number of halogens is 1. The van der Waals surface area contributed by atoms with Crippen molar-refractivity contribution in [3.63, 3.8) is 0 Å². The van der Waals surface area contributed by atoms with Crippen molar-refractivity contribution >= 4 is 51.9 Å². The Morgan fingerprint density at radius 3 is 2.68 bits per heavy atom. The van der Waals surface area contributed by atoms with E-state index in [9.17, 15) is 4.79 Å². The summed E-state index contributed by atoms with van der Waals surface area (Å²) in [5.74, 6) is 1.73. The molecule has 4 rings (SSSR count). The van der Waals surface area contributed by atoms with E-state index in [0.29, 0.717) is 44.7 Å². The van der Waals surface area contributed by atoms with Crippen LogP contribution in [0.1, 0.15) is 16.9 Å². The van der Waals surface area contributed by atoms with Gasteiger partial charge in [0.15, 0.2) is 11.5 Å². The van der Waals surface area contributed by atoms with Gasteiger partial charge in [-0.15, -0.1) is 0 Å². The van der Waals surface area contributed by atoms with Crippen LogP contribution in [0.5, 0.6) is 11.5 Å². The van der Waals surface area contributed by atoms with Gasteiger partial charge < -0.3 is 13.9 Å². The lowest BCUT2D eigenvalue weighted by Crippen LogP contribution is -2.27. The molecule has 1 fully saturated rings. The third-order valence-electron chi connectivity index (χ3n) is 4.56. The Hall–Kier alpha value is -2.74. The minimum absolute atomic E-state index is 0.145. The number of ether oxygens (including phenoxy) is 2. The highest BCUT2D eigenvalue weighted by molar-refractivity contribution is 8.26. The van der Waals surface area contributed by atoms with E-state index in [-0.39, 0.29) is 5.91 Å². The summed E-state index contributed by atoms with van der Waals surface area (Å²) in [5.41, 5.74) is 1.81. The molecule has 0 saturated carbocycles. The van der Waals surface area contributed by atoms with Gasteiger partial charge in [0.05, 0.1) is 24.8 Å². The fourth-order valence-corrected chi connectivity index (χ4v) is 4.36. The van der Waals surface area contributed by atoms with Gasteiger partial charge in [0.2, 0.25) is 0 Å². The van der Waals surface area contributed by atoms with Gasteiger partial charge in [-0.1, -0.05) is 53.8 Å². The molecule has 0 spiro atoms. The van der Waals surface area contributed by atoms with E-state index in [1.165, 1.54) is 16.7 Å². The number of hydrogen-bond acceptors (Lipinski definition) is 6. The number of hydrogen-bond donors (Lipinski definition) is 0. The van der Waals surface area contributed by atoms with Crippen LogP contribution in [-0.2, 0) is 17.9 Å². The van der Waals surface area contributed by atoms with Crippen molar-refractivity contribution in [2.24, 2.45) is 0 Å². The topological polar surface area (TPSA) is 51.9 Å². The molecule has 2 heterocycles. The highest BCUT2D eigenvalue weighted by Crippen LogP contribution is 2.35. The van der Waals surface area contributed by atoms with Crippen LogP contribution < -0.4 is 9.47 Å². The van der Waals surface area contributed by atoms with Gasteiger partial charge in [-0.25, -0.2) is 0 Å². The SMILES string of the molecule is COc1cc(C=C2SC(=S)N(Cc3ccco3)C2=O)ccc1OCc1ccc(Cl)cc1. The smallest absolute Gasteiger partial charge is 0.266 e. The number of methoxy groups -OCH3 is 1. The van der Waals surface area contributed by atoms with E-state index in [0.717, 1.165) is 11.1 Å². The lowest BCUT2D eigenvalue weighted by atomic mass is 10.1. The molecule has 158 valence electrons. The molecule has 0 unspecified atom stereocenters. The van der Waals surface area contributed by atoms with E-state index in [4.69, 9.17) is 37.7 Å². The Balaban J connectivity index is 1.48. The van der Waals surface area contributed by atoms with Gasteiger partial charge in [-0.05, 0) is 53.6 Å². The van der Waals surface area contributed by atoms with Crippen molar-refractivity contribution in [3.8, 4) is 11.5 Å². The number of nitrogens with zero attached hydrogens (tertiary/aromatic N) is 1. The first-order chi connectivity index (χ1) is 15.0. The molecule has 0 radical (unpaired) electrons. The Morgan fingerprint density at radius 2 is 1.97 bits per heavy atom. The maximum atomic E-state index is 12.8. The number of benzene rings is 2. The van der Waals surface area contributed by atoms with E-state index in [2.05, 4.69) is 0 Å². The fourth-order valence-electron chi connectivity index (χ4n) is 2.98. The largest absolute Gasteiger partial charge is 0.493 e. The van der Waals surface area contributed by atoms with Crippen LogP contribution in [0.2, 0.25) is 5.02 Å². The zero-order valence-electron chi connectivity index (χ0n) is 16.5. The molecule has 8 heteroatoms. The summed E-state index contributed by atoms with van der Waals surface area (Å²) in [7, 11) is 1.58. The normalized spacial score (nSPS) is 15.0. The van der Waals surface area contributed by atoms with Gasteiger partial charge in [0.1, 0.15) is 16.7 Å². The Bertz CT molecular complexity index is 1130. The molecule has 0 atom stereocenters. The minimum atomic E-state index is -0.145. The first-order valence-corrected chi connectivity index (χ1v) is 11.0. The zero-order chi connectivity index (χ0) is 21.8. The summed E-state index contributed by atoms with van der Waals surface area (Å²) in [5, 5.41) is 0.681. The monoisotopic (exact) mass is 471 g/mol. The van der Waals surface area contributed by atoms with Crippen LogP contribution in [0.4, 0.5) is 0 Å². The van der Waals surface area contributed by atoms with Crippen molar-refractivity contribution in [2.45, 2.75) is 13.2 Å². The number of furan rings is 1. The molecule has 0 N–H and O–H groups in total. The average Bonchev–Trinajstić information content (AvgIpc) is 3.38. The van der Waals surface area contributed by atoms with Crippen molar-refractivity contribution in [1.82, 2.24) is 4.90 Å². The number of carbonyl (C=O) groups is 1. The zero-order valence-corrected chi connectivity index (χ0v) is 18.9. The van der Waals surface area contributed by atoms with Crippen LogP contribution in [0.3, 0.4) is 0 Å². The van der Waals surface area contributed by atoms with Gasteiger partial charge in [-0.2, -0.15) is 0 Å². The van der Waals surface area contributed by atoms with Crippen molar-refractivity contribution in [1.29, 1.82) is 0 Å². The molecule has 1 aromatic heterocycles. The van der Waals surface area contributed by atoms with E-state index in [1.807, 2.05) is 48.5 Å². The number of thioether (sulfide) groups is 1. The molecule has 1 amide bonds. The molecule has 1 aliphatic rings. The third kappa shape index (κ3) is 5.12. The maximum Gasteiger partial charge on any atom is 0.266 e. The van der Waals surface area contributed by atoms with Crippen LogP contribution >= 0.6 is 35.6 Å². The van der Waals surface area contributed by atoms with Gasteiger partial charge in [0.25, 0.3) is 5.91 Å². The summed E-state index contributed by atoms with van der Waals surface area (Å²) >= 11 is 12.6. The summed E-state index contributed by atoms with van der Waals surface area (Å²) < 4.78 is 17.2. The van der Waals surface area contributed by atoms with Crippen LogP contribution in [0, 0.1) is 0 Å². The number of rotatable bonds is 7. The van der Waals surface area contributed by atoms with E-state index in [1.54, 1.807) is 25.5 Å². The van der Waals surface area contributed by atoms with Crippen molar-refractivity contribution in [3.05, 3.63) is 87.7 Å².